The summed E-state index contributed by atoms with van der Waals surface area (Å²) in [7, 11) is -3.37. The van der Waals surface area contributed by atoms with Crippen LogP contribution >= 0.6 is 38.9 Å². The monoisotopic (exact) mass is 357 g/mol. The van der Waals surface area contributed by atoms with Gasteiger partial charge in [-0.2, -0.15) is 4.31 Å². The maximum absolute atomic E-state index is 12.4. The Bertz CT molecular complexity index is 484. The van der Waals surface area contributed by atoms with E-state index in [1.54, 1.807) is 16.4 Å². The molecule has 1 saturated carbocycles. The Morgan fingerprint density at radius 2 is 2.18 bits per heavy atom. The molecule has 1 aliphatic rings. The molecule has 2 rings (SSSR count). The second-order valence-electron chi connectivity index (χ2n) is 3.95. The van der Waals surface area contributed by atoms with Crippen LogP contribution in [0.25, 0.3) is 0 Å². The fourth-order valence-corrected chi connectivity index (χ4v) is 5.92. The summed E-state index contributed by atoms with van der Waals surface area (Å²) in [5.74, 6) is 0.336. The van der Waals surface area contributed by atoms with Gasteiger partial charge in [-0.15, -0.1) is 22.9 Å². The van der Waals surface area contributed by atoms with Gasteiger partial charge in [-0.25, -0.2) is 8.42 Å². The van der Waals surface area contributed by atoms with Gasteiger partial charge in [0.25, 0.3) is 10.0 Å². The van der Waals surface area contributed by atoms with E-state index >= 15 is 0 Å². The van der Waals surface area contributed by atoms with Gasteiger partial charge in [0.05, 0.1) is 3.79 Å². The molecule has 1 aromatic rings. The molecule has 0 atom stereocenters. The summed E-state index contributed by atoms with van der Waals surface area (Å²) in [6.45, 7) is 0.393. The highest BCUT2D eigenvalue weighted by atomic mass is 79.9. The Kier molecular flexibility index (Phi) is 4.52. The quantitative estimate of drug-likeness (QED) is 0.757. The number of thiophene rings is 1. The summed E-state index contributed by atoms with van der Waals surface area (Å²) in [5, 5.41) is 0. The average Bonchev–Trinajstić information content (AvgIpc) is 2.62. The molecule has 0 N–H and O–H groups in total. The lowest BCUT2D eigenvalue weighted by atomic mass is 9.93. The van der Waals surface area contributed by atoms with Crippen LogP contribution in [0.1, 0.15) is 19.3 Å². The van der Waals surface area contributed by atoms with Crippen molar-refractivity contribution in [2.24, 2.45) is 0 Å². The van der Waals surface area contributed by atoms with Crippen molar-refractivity contribution in [2.45, 2.75) is 29.5 Å². The van der Waals surface area contributed by atoms with Gasteiger partial charge >= 0.3 is 0 Å². The van der Waals surface area contributed by atoms with Gasteiger partial charge < -0.3 is 0 Å². The van der Waals surface area contributed by atoms with Crippen LogP contribution in [0.4, 0.5) is 0 Å². The van der Waals surface area contributed by atoms with Crippen molar-refractivity contribution in [2.75, 3.05) is 12.4 Å². The minimum absolute atomic E-state index is 0.139. The molecular weight excluding hydrogens is 346 g/mol. The second-order valence-corrected chi connectivity index (χ2v) is 8.91. The highest BCUT2D eigenvalue weighted by molar-refractivity contribution is 9.11. The van der Waals surface area contributed by atoms with Crippen LogP contribution in [0.15, 0.2) is 20.1 Å². The van der Waals surface area contributed by atoms with E-state index in [9.17, 15) is 8.42 Å². The third kappa shape index (κ3) is 2.87. The highest BCUT2D eigenvalue weighted by Gasteiger charge is 2.35. The van der Waals surface area contributed by atoms with Crippen LogP contribution in [-0.4, -0.2) is 31.2 Å². The van der Waals surface area contributed by atoms with Crippen LogP contribution in [0.5, 0.6) is 0 Å². The van der Waals surface area contributed by atoms with Gasteiger partial charge in [0.1, 0.15) is 4.21 Å². The van der Waals surface area contributed by atoms with Crippen LogP contribution < -0.4 is 0 Å². The van der Waals surface area contributed by atoms with E-state index in [0.717, 1.165) is 23.0 Å². The summed E-state index contributed by atoms with van der Waals surface area (Å²) in [5.41, 5.74) is 0. The van der Waals surface area contributed by atoms with Crippen molar-refractivity contribution in [3.63, 3.8) is 0 Å². The summed E-state index contributed by atoms with van der Waals surface area (Å²) in [6, 6.07) is 3.54. The lowest BCUT2D eigenvalue weighted by Gasteiger charge is -2.35. The third-order valence-corrected chi connectivity index (χ3v) is 7.11. The Labute approximate surface area is 119 Å². The second kappa shape index (κ2) is 5.57. The lowest BCUT2D eigenvalue weighted by Crippen LogP contribution is -2.44. The fourth-order valence-electron chi connectivity index (χ4n) is 1.81. The van der Waals surface area contributed by atoms with Crippen molar-refractivity contribution >= 4 is 48.9 Å². The number of halogens is 2. The summed E-state index contributed by atoms with van der Waals surface area (Å²) in [6.07, 6.45) is 3.00. The molecule has 1 aliphatic carbocycles. The maximum atomic E-state index is 12.4. The first kappa shape index (κ1) is 13.8. The third-order valence-electron chi connectivity index (χ3n) is 2.90. The number of sulfonamides is 1. The summed E-state index contributed by atoms with van der Waals surface area (Å²) >= 11 is 10.2. The van der Waals surface area contributed by atoms with Gasteiger partial charge in [0.15, 0.2) is 0 Å². The van der Waals surface area contributed by atoms with E-state index in [4.69, 9.17) is 11.6 Å². The normalized spacial score (nSPS) is 17.4. The molecule has 0 saturated heterocycles. The molecule has 0 aromatic carbocycles. The molecule has 0 unspecified atom stereocenters. The van der Waals surface area contributed by atoms with Crippen molar-refractivity contribution in [3.05, 3.63) is 15.9 Å². The molecule has 0 aliphatic heterocycles. The molecule has 0 amide bonds. The minimum atomic E-state index is -3.37. The first-order valence-electron chi connectivity index (χ1n) is 5.39. The summed E-state index contributed by atoms with van der Waals surface area (Å²) in [4.78, 5) is 0. The Balaban J connectivity index is 2.27. The zero-order valence-corrected chi connectivity index (χ0v) is 13.1. The molecule has 7 heteroatoms. The van der Waals surface area contributed by atoms with Crippen molar-refractivity contribution in [3.8, 4) is 0 Å². The number of nitrogens with zero attached hydrogens (tertiary/aromatic N) is 1. The predicted molar refractivity (Wildman–Crippen MR) is 74.3 cm³/mol. The number of alkyl halides is 1. The molecule has 3 nitrogen and oxygen atoms in total. The van der Waals surface area contributed by atoms with Gasteiger partial charge in [0.2, 0.25) is 0 Å². The van der Waals surface area contributed by atoms with Crippen molar-refractivity contribution in [1.29, 1.82) is 0 Å². The van der Waals surface area contributed by atoms with Crippen molar-refractivity contribution < 1.29 is 8.42 Å². The molecule has 0 spiro atoms. The molecular formula is C10H13BrClNO2S2. The van der Waals surface area contributed by atoms with Crippen LogP contribution in [-0.2, 0) is 10.0 Å². The van der Waals surface area contributed by atoms with E-state index in [0.29, 0.717) is 16.6 Å². The Morgan fingerprint density at radius 1 is 1.47 bits per heavy atom. The predicted octanol–water partition coefficient (Wildman–Crippen LogP) is 3.29. The van der Waals surface area contributed by atoms with E-state index in [1.165, 1.54) is 11.3 Å². The topological polar surface area (TPSA) is 37.4 Å². The minimum Gasteiger partial charge on any atom is -0.206 e. The van der Waals surface area contributed by atoms with E-state index < -0.39 is 10.0 Å². The molecule has 1 aromatic heterocycles. The number of rotatable bonds is 5. The van der Waals surface area contributed by atoms with E-state index in [1.807, 2.05) is 0 Å². The molecule has 0 radical (unpaired) electrons. The van der Waals surface area contributed by atoms with Crippen LogP contribution in [0, 0.1) is 0 Å². The Hall–Kier alpha value is 0.380. The van der Waals surface area contributed by atoms with E-state index in [-0.39, 0.29) is 6.04 Å². The van der Waals surface area contributed by atoms with Gasteiger partial charge in [-0.1, -0.05) is 6.42 Å². The van der Waals surface area contributed by atoms with Crippen molar-refractivity contribution in [1.82, 2.24) is 4.31 Å². The maximum Gasteiger partial charge on any atom is 0.252 e. The zero-order valence-electron chi connectivity index (χ0n) is 9.10. The molecule has 17 heavy (non-hydrogen) atoms. The largest absolute Gasteiger partial charge is 0.252 e. The molecule has 96 valence electrons. The summed E-state index contributed by atoms with van der Waals surface area (Å²) < 4.78 is 27.6. The first-order chi connectivity index (χ1) is 8.05. The van der Waals surface area contributed by atoms with Gasteiger partial charge in [-0.05, 0) is 40.9 Å². The first-order valence-corrected chi connectivity index (χ1v) is 8.97. The Morgan fingerprint density at radius 3 is 2.59 bits per heavy atom. The highest BCUT2D eigenvalue weighted by Crippen LogP contribution is 2.33. The van der Waals surface area contributed by atoms with E-state index in [2.05, 4.69) is 15.9 Å². The van der Waals surface area contributed by atoms with Crippen LogP contribution in [0.3, 0.4) is 0 Å². The molecule has 0 bridgehead atoms. The SMILES string of the molecule is O=S(=O)(c1ccc(Br)s1)N(CCCl)C1CCC1. The molecule has 1 fully saturated rings. The molecule has 1 heterocycles. The zero-order chi connectivity index (χ0) is 12.5. The fraction of sp³-hybridized carbons (Fsp3) is 0.600. The smallest absolute Gasteiger partial charge is 0.206 e. The number of hydrogen-bond acceptors (Lipinski definition) is 3. The standard InChI is InChI=1S/C10H13BrClNO2S2/c11-9-4-5-10(16-9)17(14,15)13(7-6-12)8-2-1-3-8/h4-5,8H,1-3,6-7H2. The van der Waals surface area contributed by atoms with Gasteiger partial charge in [-0.3, -0.25) is 0 Å². The van der Waals surface area contributed by atoms with Gasteiger partial charge in [0, 0.05) is 18.5 Å². The average molecular weight is 359 g/mol. The number of hydrogen-bond donors (Lipinski definition) is 0. The lowest BCUT2D eigenvalue weighted by molar-refractivity contribution is 0.228. The van der Waals surface area contributed by atoms with Crippen LogP contribution in [0.2, 0.25) is 0 Å².